The molecule has 1 fully saturated rings. The number of hydrogen-bond donors (Lipinski definition) is 0. The van der Waals surface area contributed by atoms with E-state index in [1.807, 2.05) is 0 Å². The van der Waals surface area contributed by atoms with E-state index in [1.54, 1.807) is 0 Å². The lowest BCUT2D eigenvalue weighted by atomic mass is 9.89. The quantitative estimate of drug-likeness (QED) is 0.431. The van der Waals surface area contributed by atoms with Gasteiger partial charge in [-0.3, -0.25) is 0 Å². The zero-order valence-corrected chi connectivity index (χ0v) is 8.72. The van der Waals surface area contributed by atoms with Gasteiger partial charge in [-0.25, -0.2) is 0 Å². The monoisotopic (exact) mass is 200 g/mol. The third kappa shape index (κ3) is 2.26. The van der Waals surface area contributed by atoms with Crippen LogP contribution in [0.5, 0.6) is 0 Å². The lowest BCUT2D eigenvalue weighted by Crippen LogP contribution is -2.33. The number of alkyl halides is 1. The molecule has 0 N–H and O–H groups in total. The Balaban J connectivity index is 2.06. The molecule has 2 heteroatoms. The zero-order chi connectivity index (χ0) is 9.15. The predicted octanol–water partition coefficient (Wildman–Crippen LogP) is 3.27. The van der Waals surface area contributed by atoms with Crippen molar-refractivity contribution < 1.29 is 4.74 Å². The van der Waals surface area contributed by atoms with Crippen LogP contribution in [-0.4, -0.2) is 17.6 Å². The molecule has 2 atom stereocenters. The minimum atomic E-state index is 0.0574. The first kappa shape index (κ1) is 9.54. The van der Waals surface area contributed by atoms with Gasteiger partial charge in [0.2, 0.25) is 0 Å². The molecule has 2 rings (SSSR count). The highest BCUT2D eigenvalue weighted by molar-refractivity contribution is 6.21. The van der Waals surface area contributed by atoms with Crippen LogP contribution in [0.4, 0.5) is 0 Å². The Morgan fingerprint density at radius 2 is 2.08 bits per heavy atom. The van der Waals surface area contributed by atoms with Gasteiger partial charge in [-0.2, -0.15) is 0 Å². The summed E-state index contributed by atoms with van der Waals surface area (Å²) in [7, 11) is 0. The van der Waals surface area contributed by atoms with Crippen LogP contribution >= 0.6 is 11.6 Å². The van der Waals surface area contributed by atoms with Gasteiger partial charge in [-0.15, -0.1) is 11.6 Å². The highest BCUT2D eigenvalue weighted by Gasteiger charge is 2.31. The molecule has 0 unspecified atom stereocenters. The van der Waals surface area contributed by atoms with E-state index in [4.69, 9.17) is 16.3 Å². The van der Waals surface area contributed by atoms with Crippen molar-refractivity contribution >= 4 is 11.6 Å². The molecule has 0 amide bonds. The molecular formula is C11H17ClO. The average molecular weight is 201 g/mol. The first-order valence-corrected chi connectivity index (χ1v) is 5.72. The van der Waals surface area contributed by atoms with Crippen LogP contribution in [0, 0.1) is 0 Å². The Bertz CT molecular complexity index is 194. The summed E-state index contributed by atoms with van der Waals surface area (Å²) >= 11 is 6.08. The Kier molecular flexibility index (Phi) is 2.95. The number of halogens is 1. The van der Waals surface area contributed by atoms with E-state index in [9.17, 15) is 0 Å². The molecule has 1 nitrogen and oxygen atoms in total. The van der Waals surface area contributed by atoms with Crippen LogP contribution in [-0.2, 0) is 4.74 Å². The Morgan fingerprint density at radius 3 is 2.85 bits per heavy atom. The first-order valence-electron chi connectivity index (χ1n) is 5.28. The molecule has 1 aliphatic carbocycles. The second-order valence-electron chi connectivity index (χ2n) is 4.14. The van der Waals surface area contributed by atoms with Crippen molar-refractivity contribution in [3.63, 3.8) is 0 Å². The Labute approximate surface area is 85.1 Å². The Morgan fingerprint density at radius 1 is 1.23 bits per heavy atom. The first-order chi connectivity index (χ1) is 6.31. The van der Waals surface area contributed by atoms with Crippen molar-refractivity contribution in [1.82, 2.24) is 0 Å². The molecule has 13 heavy (non-hydrogen) atoms. The fraction of sp³-hybridized carbons (Fsp3) is 0.818. The summed E-state index contributed by atoms with van der Waals surface area (Å²) in [4.78, 5) is 0. The molecule has 0 radical (unpaired) electrons. The third-order valence-electron chi connectivity index (χ3n) is 3.07. The summed E-state index contributed by atoms with van der Waals surface area (Å²) in [6.45, 7) is 0.928. The Hall–Kier alpha value is -0.0100. The maximum Gasteiger partial charge on any atom is 0.0863 e. The fourth-order valence-corrected chi connectivity index (χ4v) is 2.49. The lowest BCUT2D eigenvalue weighted by molar-refractivity contribution is -0.0484. The van der Waals surface area contributed by atoms with Crippen molar-refractivity contribution in [2.45, 2.75) is 49.5 Å². The summed E-state index contributed by atoms with van der Waals surface area (Å²) in [5, 5.41) is 0.227. The molecule has 74 valence electrons. The summed E-state index contributed by atoms with van der Waals surface area (Å²) in [5.41, 5.74) is 0.0574. The second kappa shape index (κ2) is 4.02. The van der Waals surface area contributed by atoms with Gasteiger partial charge < -0.3 is 4.74 Å². The maximum absolute atomic E-state index is 6.08. The largest absolute Gasteiger partial charge is 0.371 e. The van der Waals surface area contributed by atoms with E-state index in [2.05, 4.69) is 12.2 Å². The van der Waals surface area contributed by atoms with Crippen molar-refractivity contribution in [1.29, 1.82) is 0 Å². The minimum Gasteiger partial charge on any atom is -0.371 e. The standard InChI is InChI=1S/C11H17ClO/c12-10-4-3-7-11(8-5-10)6-1-2-9-13-11/h5,8,10H,1-4,6-7,9H2/t10-,11+/m0/s1. The highest BCUT2D eigenvalue weighted by atomic mass is 35.5. The summed E-state index contributed by atoms with van der Waals surface area (Å²) < 4.78 is 5.89. The molecule has 0 aromatic carbocycles. The molecule has 1 heterocycles. The highest BCUT2D eigenvalue weighted by Crippen LogP contribution is 2.34. The van der Waals surface area contributed by atoms with Crippen molar-refractivity contribution in [2.24, 2.45) is 0 Å². The van der Waals surface area contributed by atoms with E-state index < -0.39 is 0 Å². The van der Waals surface area contributed by atoms with Crippen LogP contribution in [0.1, 0.15) is 38.5 Å². The smallest absolute Gasteiger partial charge is 0.0863 e. The van der Waals surface area contributed by atoms with Gasteiger partial charge in [0.1, 0.15) is 0 Å². The van der Waals surface area contributed by atoms with Crippen LogP contribution in [0.25, 0.3) is 0 Å². The third-order valence-corrected chi connectivity index (χ3v) is 3.44. The van der Waals surface area contributed by atoms with Crippen molar-refractivity contribution in [3.05, 3.63) is 12.2 Å². The number of allylic oxidation sites excluding steroid dienone is 1. The number of hydrogen-bond acceptors (Lipinski definition) is 1. The summed E-state index contributed by atoms with van der Waals surface area (Å²) in [6, 6.07) is 0. The van der Waals surface area contributed by atoms with E-state index in [1.165, 1.54) is 25.7 Å². The van der Waals surface area contributed by atoms with Gasteiger partial charge in [-0.05, 0) is 38.5 Å². The lowest BCUT2D eigenvalue weighted by Gasteiger charge is -2.34. The molecule has 0 aromatic heterocycles. The minimum absolute atomic E-state index is 0.0574. The molecule has 0 aromatic rings. The van der Waals surface area contributed by atoms with E-state index in [0.717, 1.165) is 19.4 Å². The topological polar surface area (TPSA) is 9.23 Å². The van der Waals surface area contributed by atoms with Gasteiger partial charge in [0.15, 0.2) is 0 Å². The van der Waals surface area contributed by atoms with Crippen LogP contribution in [0.2, 0.25) is 0 Å². The maximum atomic E-state index is 6.08. The van der Waals surface area contributed by atoms with Gasteiger partial charge in [0, 0.05) is 6.61 Å². The van der Waals surface area contributed by atoms with Gasteiger partial charge >= 0.3 is 0 Å². The molecule has 1 aliphatic heterocycles. The van der Waals surface area contributed by atoms with Crippen LogP contribution < -0.4 is 0 Å². The van der Waals surface area contributed by atoms with Crippen LogP contribution in [0.3, 0.4) is 0 Å². The average Bonchev–Trinajstić information content (AvgIpc) is 2.32. The molecule has 0 saturated carbocycles. The molecule has 2 aliphatic rings. The van der Waals surface area contributed by atoms with E-state index in [0.29, 0.717) is 0 Å². The normalized spacial score (nSPS) is 40.5. The molecule has 0 bridgehead atoms. The van der Waals surface area contributed by atoms with Gasteiger partial charge in [0.05, 0.1) is 11.0 Å². The molecular weight excluding hydrogens is 184 g/mol. The predicted molar refractivity (Wildman–Crippen MR) is 55.2 cm³/mol. The summed E-state index contributed by atoms with van der Waals surface area (Å²) in [6.07, 6.45) is 11.5. The van der Waals surface area contributed by atoms with E-state index in [-0.39, 0.29) is 11.0 Å². The number of rotatable bonds is 0. The molecule has 1 spiro atoms. The van der Waals surface area contributed by atoms with Crippen molar-refractivity contribution in [3.8, 4) is 0 Å². The fourth-order valence-electron chi connectivity index (χ4n) is 2.26. The second-order valence-corrected chi connectivity index (χ2v) is 4.70. The van der Waals surface area contributed by atoms with Crippen molar-refractivity contribution in [2.75, 3.05) is 6.61 Å². The van der Waals surface area contributed by atoms with Gasteiger partial charge in [0.25, 0.3) is 0 Å². The summed E-state index contributed by atoms with van der Waals surface area (Å²) in [5.74, 6) is 0. The SMILES string of the molecule is Cl[C@@H]1C=C[C@@]2(CCCCO2)CCC1. The van der Waals surface area contributed by atoms with Crippen LogP contribution in [0.15, 0.2) is 12.2 Å². The van der Waals surface area contributed by atoms with E-state index >= 15 is 0 Å². The number of ether oxygens (including phenoxy) is 1. The zero-order valence-electron chi connectivity index (χ0n) is 7.97. The van der Waals surface area contributed by atoms with Gasteiger partial charge in [-0.1, -0.05) is 12.2 Å². The molecule has 1 saturated heterocycles.